The normalized spacial score (nSPS) is 9.95. The van der Waals surface area contributed by atoms with Gasteiger partial charge in [-0.1, -0.05) is 18.2 Å². The maximum absolute atomic E-state index is 13.3. The van der Waals surface area contributed by atoms with E-state index in [0.717, 1.165) is 6.07 Å². The van der Waals surface area contributed by atoms with Gasteiger partial charge in [-0.25, -0.2) is 19.0 Å². The minimum atomic E-state index is -1.26. The summed E-state index contributed by atoms with van der Waals surface area (Å²) in [5.41, 5.74) is -0.494. The van der Waals surface area contributed by atoms with Gasteiger partial charge in [0.2, 0.25) is 0 Å². The number of esters is 1. The molecule has 0 aliphatic carbocycles. The summed E-state index contributed by atoms with van der Waals surface area (Å²) < 4.78 is 18.1. The molecule has 0 amide bonds. The fourth-order valence-corrected chi connectivity index (χ4v) is 1.35. The Morgan fingerprint density at radius 2 is 1.74 bits per heavy atom. The molecular formula is C13H8FNO4. The number of para-hydroxylation sites is 1. The highest BCUT2D eigenvalue weighted by molar-refractivity contribution is 5.91. The average Bonchev–Trinajstić information content (AvgIpc) is 2.41. The minimum absolute atomic E-state index is 0.205. The molecule has 0 bridgehead atoms. The quantitative estimate of drug-likeness (QED) is 0.676. The predicted molar refractivity (Wildman–Crippen MR) is 62.6 cm³/mol. The lowest BCUT2D eigenvalue weighted by Crippen LogP contribution is -2.13. The van der Waals surface area contributed by atoms with Crippen molar-refractivity contribution in [2.24, 2.45) is 0 Å². The van der Waals surface area contributed by atoms with Crippen molar-refractivity contribution in [2.45, 2.75) is 0 Å². The first kappa shape index (κ1) is 12.7. The van der Waals surface area contributed by atoms with Crippen molar-refractivity contribution in [3.8, 4) is 5.75 Å². The van der Waals surface area contributed by atoms with Gasteiger partial charge >= 0.3 is 11.9 Å². The first-order valence-electron chi connectivity index (χ1n) is 5.25. The van der Waals surface area contributed by atoms with Crippen molar-refractivity contribution < 1.29 is 23.8 Å². The van der Waals surface area contributed by atoms with E-state index in [2.05, 4.69) is 4.98 Å². The summed E-state index contributed by atoms with van der Waals surface area (Å²) in [5, 5.41) is 8.75. The van der Waals surface area contributed by atoms with Gasteiger partial charge in [0.1, 0.15) is 11.4 Å². The Bertz CT molecular complexity index is 642. The Morgan fingerprint density at radius 3 is 2.42 bits per heavy atom. The number of aromatic nitrogens is 1. The Balaban J connectivity index is 2.23. The number of pyridine rings is 1. The second-order valence-electron chi connectivity index (χ2n) is 3.53. The van der Waals surface area contributed by atoms with E-state index in [1.165, 1.54) is 36.4 Å². The molecule has 96 valence electrons. The van der Waals surface area contributed by atoms with Gasteiger partial charge in [-0.2, -0.15) is 0 Å². The van der Waals surface area contributed by atoms with Crippen LogP contribution in [-0.2, 0) is 0 Å². The van der Waals surface area contributed by atoms with Crippen LogP contribution in [-0.4, -0.2) is 22.0 Å². The number of carbonyl (C=O) groups is 2. The van der Waals surface area contributed by atoms with Crippen LogP contribution < -0.4 is 4.74 Å². The van der Waals surface area contributed by atoms with E-state index >= 15 is 0 Å². The van der Waals surface area contributed by atoms with Crippen LogP contribution >= 0.6 is 0 Å². The van der Waals surface area contributed by atoms with Crippen LogP contribution in [0.25, 0.3) is 0 Å². The zero-order chi connectivity index (χ0) is 13.8. The van der Waals surface area contributed by atoms with Crippen molar-refractivity contribution in [3.63, 3.8) is 0 Å². The highest BCUT2D eigenvalue weighted by atomic mass is 19.1. The SMILES string of the molecule is O=C(O)c1cccc(C(=O)Oc2ccccc2F)n1. The summed E-state index contributed by atoms with van der Waals surface area (Å²) in [6, 6.07) is 9.27. The van der Waals surface area contributed by atoms with Crippen LogP contribution in [0.5, 0.6) is 5.75 Å². The second kappa shape index (κ2) is 5.26. The molecule has 0 fully saturated rings. The maximum atomic E-state index is 13.3. The van der Waals surface area contributed by atoms with Crippen molar-refractivity contribution in [2.75, 3.05) is 0 Å². The molecule has 1 N–H and O–H groups in total. The van der Waals surface area contributed by atoms with E-state index in [-0.39, 0.29) is 17.1 Å². The summed E-state index contributed by atoms with van der Waals surface area (Å²) in [6.07, 6.45) is 0. The predicted octanol–water partition coefficient (Wildman–Crippen LogP) is 2.14. The molecule has 0 unspecified atom stereocenters. The van der Waals surface area contributed by atoms with Gasteiger partial charge in [0, 0.05) is 0 Å². The summed E-state index contributed by atoms with van der Waals surface area (Å²) in [7, 11) is 0. The van der Waals surface area contributed by atoms with Crippen LogP contribution in [0, 0.1) is 5.82 Å². The van der Waals surface area contributed by atoms with Crippen molar-refractivity contribution >= 4 is 11.9 Å². The number of ether oxygens (including phenoxy) is 1. The highest BCUT2D eigenvalue weighted by Gasteiger charge is 2.15. The number of aromatic carboxylic acids is 1. The van der Waals surface area contributed by atoms with Gasteiger partial charge in [0.05, 0.1) is 0 Å². The number of benzene rings is 1. The lowest BCUT2D eigenvalue weighted by atomic mass is 10.3. The molecule has 2 rings (SSSR count). The van der Waals surface area contributed by atoms with Crippen LogP contribution in [0.1, 0.15) is 21.0 Å². The van der Waals surface area contributed by atoms with Crippen LogP contribution in [0.3, 0.4) is 0 Å². The molecule has 0 radical (unpaired) electrons. The molecule has 6 heteroatoms. The van der Waals surface area contributed by atoms with Crippen molar-refractivity contribution in [3.05, 3.63) is 59.7 Å². The summed E-state index contributed by atoms with van der Waals surface area (Å²) in [5.74, 6) is -3.12. The Kier molecular flexibility index (Phi) is 3.51. The first-order valence-corrected chi connectivity index (χ1v) is 5.25. The largest absolute Gasteiger partial charge is 0.477 e. The molecule has 0 saturated heterocycles. The van der Waals surface area contributed by atoms with Gasteiger partial charge in [-0.3, -0.25) is 0 Å². The summed E-state index contributed by atoms with van der Waals surface area (Å²) in [6.45, 7) is 0. The number of nitrogens with zero attached hydrogens (tertiary/aromatic N) is 1. The third-order valence-electron chi connectivity index (χ3n) is 2.22. The zero-order valence-electron chi connectivity index (χ0n) is 9.54. The number of carboxylic acid groups (broad SMARTS) is 1. The number of carbonyl (C=O) groups excluding carboxylic acids is 1. The monoisotopic (exact) mass is 261 g/mol. The Hall–Kier alpha value is -2.76. The Morgan fingerprint density at radius 1 is 1.05 bits per heavy atom. The number of hydrogen-bond acceptors (Lipinski definition) is 4. The van der Waals surface area contributed by atoms with E-state index < -0.39 is 17.8 Å². The van der Waals surface area contributed by atoms with E-state index in [1.54, 1.807) is 0 Å². The molecule has 0 aliphatic rings. The summed E-state index contributed by atoms with van der Waals surface area (Å²) in [4.78, 5) is 26.0. The first-order chi connectivity index (χ1) is 9.08. The standard InChI is InChI=1S/C13H8FNO4/c14-8-4-1-2-7-11(8)19-13(18)10-6-3-5-9(15-10)12(16)17/h1-7H,(H,16,17). The van der Waals surface area contributed by atoms with Crippen LogP contribution in [0.4, 0.5) is 4.39 Å². The van der Waals surface area contributed by atoms with E-state index in [4.69, 9.17) is 9.84 Å². The summed E-state index contributed by atoms with van der Waals surface area (Å²) >= 11 is 0. The van der Waals surface area contributed by atoms with E-state index in [9.17, 15) is 14.0 Å². The van der Waals surface area contributed by atoms with Crippen LogP contribution in [0.2, 0.25) is 0 Å². The van der Waals surface area contributed by atoms with Gasteiger partial charge in [-0.15, -0.1) is 0 Å². The molecule has 0 spiro atoms. The molecule has 0 atom stereocenters. The fraction of sp³-hybridized carbons (Fsp3) is 0. The van der Waals surface area contributed by atoms with Gasteiger partial charge in [-0.05, 0) is 24.3 Å². The lowest BCUT2D eigenvalue weighted by molar-refractivity contribution is 0.0689. The molecule has 1 aromatic heterocycles. The lowest BCUT2D eigenvalue weighted by Gasteiger charge is -2.04. The maximum Gasteiger partial charge on any atom is 0.362 e. The molecule has 19 heavy (non-hydrogen) atoms. The van der Waals surface area contributed by atoms with Gasteiger partial charge in [0.15, 0.2) is 11.6 Å². The number of carboxylic acids is 1. The minimum Gasteiger partial charge on any atom is -0.477 e. The molecule has 1 heterocycles. The number of hydrogen-bond donors (Lipinski definition) is 1. The topological polar surface area (TPSA) is 76.5 Å². The second-order valence-corrected chi connectivity index (χ2v) is 3.53. The highest BCUT2D eigenvalue weighted by Crippen LogP contribution is 2.16. The smallest absolute Gasteiger partial charge is 0.362 e. The third-order valence-corrected chi connectivity index (χ3v) is 2.22. The molecule has 1 aromatic carbocycles. The Labute approximate surface area is 107 Å². The molecule has 0 saturated carbocycles. The molecular weight excluding hydrogens is 253 g/mol. The zero-order valence-corrected chi connectivity index (χ0v) is 9.54. The molecule has 5 nitrogen and oxygen atoms in total. The third kappa shape index (κ3) is 2.92. The fourth-order valence-electron chi connectivity index (χ4n) is 1.35. The van der Waals surface area contributed by atoms with Crippen molar-refractivity contribution in [1.29, 1.82) is 0 Å². The number of halogens is 1. The van der Waals surface area contributed by atoms with E-state index in [0.29, 0.717) is 0 Å². The van der Waals surface area contributed by atoms with Gasteiger partial charge in [0.25, 0.3) is 0 Å². The molecule has 2 aromatic rings. The average molecular weight is 261 g/mol. The van der Waals surface area contributed by atoms with Crippen molar-refractivity contribution in [1.82, 2.24) is 4.98 Å². The molecule has 0 aliphatic heterocycles. The number of rotatable bonds is 3. The van der Waals surface area contributed by atoms with E-state index in [1.807, 2.05) is 0 Å². The van der Waals surface area contributed by atoms with Gasteiger partial charge < -0.3 is 9.84 Å². The van der Waals surface area contributed by atoms with Crippen LogP contribution in [0.15, 0.2) is 42.5 Å².